The molecule has 0 aliphatic carbocycles. The van der Waals surface area contributed by atoms with Crippen molar-refractivity contribution in [3.8, 4) is 0 Å². The second-order valence-corrected chi connectivity index (χ2v) is 5.55. The normalized spacial score (nSPS) is 25.4. The molecule has 2 heteroatoms. The van der Waals surface area contributed by atoms with Crippen LogP contribution in [0.15, 0.2) is 18.2 Å². The first-order valence-electron chi connectivity index (χ1n) is 6.60. The lowest BCUT2D eigenvalue weighted by molar-refractivity contribution is 0.255. The SMILES string of the molecule is Cc1ccc(C)c(CN2CC(CN)CC2C)c1. The van der Waals surface area contributed by atoms with E-state index in [1.807, 2.05) is 0 Å². The molecule has 17 heavy (non-hydrogen) atoms. The molecule has 1 aromatic rings. The van der Waals surface area contributed by atoms with Crippen molar-refractivity contribution in [3.05, 3.63) is 34.9 Å². The summed E-state index contributed by atoms with van der Waals surface area (Å²) in [6, 6.07) is 7.40. The van der Waals surface area contributed by atoms with E-state index >= 15 is 0 Å². The van der Waals surface area contributed by atoms with E-state index in [1.165, 1.54) is 23.1 Å². The van der Waals surface area contributed by atoms with Crippen molar-refractivity contribution in [2.75, 3.05) is 13.1 Å². The van der Waals surface area contributed by atoms with Crippen LogP contribution >= 0.6 is 0 Å². The number of nitrogens with two attached hydrogens (primary N) is 1. The summed E-state index contributed by atoms with van der Waals surface area (Å²) in [5.74, 6) is 0.690. The molecule has 1 aliphatic rings. The summed E-state index contributed by atoms with van der Waals surface area (Å²) in [5, 5.41) is 0. The molecule has 2 atom stereocenters. The minimum Gasteiger partial charge on any atom is -0.330 e. The van der Waals surface area contributed by atoms with Gasteiger partial charge in [0.25, 0.3) is 0 Å². The van der Waals surface area contributed by atoms with Crippen LogP contribution in [0.3, 0.4) is 0 Å². The molecule has 1 heterocycles. The van der Waals surface area contributed by atoms with Crippen LogP contribution in [0.4, 0.5) is 0 Å². The van der Waals surface area contributed by atoms with Gasteiger partial charge in [-0.15, -0.1) is 0 Å². The monoisotopic (exact) mass is 232 g/mol. The van der Waals surface area contributed by atoms with E-state index in [-0.39, 0.29) is 0 Å². The maximum atomic E-state index is 5.78. The smallest absolute Gasteiger partial charge is 0.0239 e. The van der Waals surface area contributed by atoms with Gasteiger partial charge in [-0.05, 0) is 50.8 Å². The van der Waals surface area contributed by atoms with Crippen molar-refractivity contribution in [2.45, 2.75) is 39.8 Å². The molecule has 0 spiro atoms. The Morgan fingerprint density at radius 1 is 1.35 bits per heavy atom. The van der Waals surface area contributed by atoms with E-state index in [1.54, 1.807) is 0 Å². The van der Waals surface area contributed by atoms with Gasteiger partial charge in [-0.3, -0.25) is 4.90 Å². The minimum atomic E-state index is 0.670. The van der Waals surface area contributed by atoms with Crippen molar-refractivity contribution >= 4 is 0 Å². The molecule has 0 saturated carbocycles. The van der Waals surface area contributed by atoms with Crippen molar-refractivity contribution in [1.29, 1.82) is 0 Å². The fourth-order valence-electron chi connectivity index (χ4n) is 2.80. The maximum Gasteiger partial charge on any atom is 0.0239 e. The number of hydrogen-bond acceptors (Lipinski definition) is 2. The van der Waals surface area contributed by atoms with Gasteiger partial charge in [-0.1, -0.05) is 23.8 Å². The van der Waals surface area contributed by atoms with Crippen LogP contribution in [0.2, 0.25) is 0 Å². The summed E-state index contributed by atoms with van der Waals surface area (Å²) in [5.41, 5.74) is 10.0. The van der Waals surface area contributed by atoms with Crippen LogP contribution in [0.5, 0.6) is 0 Å². The molecule has 2 unspecified atom stereocenters. The van der Waals surface area contributed by atoms with E-state index in [2.05, 4.69) is 43.9 Å². The number of aryl methyl sites for hydroxylation is 2. The first-order valence-corrected chi connectivity index (χ1v) is 6.60. The van der Waals surface area contributed by atoms with E-state index in [0.717, 1.165) is 19.6 Å². The van der Waals surface area contributed by atoms with Gasteiger partial charge in [0.1, 0.15) is 0 Å². The average Bonchev–Trinajstić information content (AvgIpc) is 2.65. The topological polar surface area (TPSA) is 29.3 Å². The van der Waals surface area contributed by atoms with Gasteiger partial charge in [0, 0.05) is 19.1 Å². The highest BCUT2D eigenvalue weighted by atomic mass is 15.2. The van der Waals surface area contributed by atoms with Gasteiger partial charge < -0.3 is 5.73 Å². The Labute approximate surface area is 105 Å². The van der Waals surface area contributed by atoms with Crippen LogP contribution in [-0.2, 0) is 6.54 Å². The third kappa shape index (κ3) is 2.88. The second-order valence-electron chi connectivity index (χ2n) is 5.55. The first-order chi connectivity index (χ1) is 8.10. The molecule has 2 rings (SSSR count). The Balaban J connectivity index is 2.08. The number of hydrogen-bond donors (Lipinski definition) is 1. The lowest BCUT2D eigenvalue weighted by Crippen LogP contribution is -2.27. The van der Waals surface area contributed by atoms with Crippen LogP contribution in [0.25, 0.3) is 0 Å². The van der Waals surface area contributed by atoms with E-state index < -0.39 is 0 Å². The van der Waals surface area contributed by atoms with Crippen LogP contribution in [0.1, 0.15) is 30.0 Å². The molecule has 2 nitrogen and oxygen atoms in total. The van der Waals surface area contributed by atoms with Crippen molar-refractivity contribution in [2.24, 2.45) is 11.7 Å². The summed E-state index contributed by atoms with van der Waals surface area (Å²) in [6.07, 6.45) is 1.25. The highest BCUT2D eigenvalue weighted by Gasteiger charge is 2.27. The molecule has 94 valence electrons. The lowest BCUT2D eigenvalue weighted by atomic mass is 10.1. The fraction of sp³-hybridized carbons (Fsp3) is 0.600. The molecule has 0 aromatic heterocycles. The summed E-state index contributed by atoms with van der Waals surface area (Å²) in [7, 11) is 0. The Kier molecular flexibility index (Phi) is 3.85. The molecule has 0 radical (unpaired) electrons. The van der Waals surface area contributed by atoms with Crippen molar-refractivity contribution < 1.29 is 0 Å². The van der Waals surface area contributed by atoms with Gasteiger partial charge in [-0.2, -0.15) is 0 Å². The second kappa shape index (κ2) is 5.19. The van der Waals surface area contributed by atoms with E-state index in [9.17, 15) is 0 Å². The minimum absolute atomic E-state index is 0.670. The summed E-state index contributed by atoms with van der Waals surface area (Å²) < 4.78 is 0. The largest absolute Gasteiger partial charge is 0.330 e. The predicted octanol–water partition coefficient (Wildman–Crippen LogP) is 2.47. The number of rotatable bonds is 3. The zero-order valence-corrected chi connectivity index (χ0v) is 11.2. The zero-order chi connectivity index (χ0) is 12.4. The van der Waals surface area contributed by atoms with E-state index in [0.29, 0.717) is 12.0 Å². The average molecular weight is 232 g/mol. The molecule has 1 aromatic carbocycles. The quantitative estimate of drug-likeness (QED) is 0.867. The van der Waals surface area contributed by atoms with Gasteiger partial charge in [0.05, 0.1) is 0 Å². The Morgan fingerprint density at radius 2 is 2.12 bits per heavy atom. The number of benzene rings is 1. The molecule has 0 bridgehead atoms. The van der Waals surface area contributed by atoms with Gasteiger partial charge in [0.2, 0.25) is 0 Å². The molecular weight excluding hydrogens is 208 g/mol. The van der Waals surface area contributed by atoms with Crippen molar-refractivity contribution in [1.82, 2.24) is 4.90 Å². The van der Waals surface area contributed by atoms with Gasteiger partial charge >= 0.3 is 0 Å². The summed E-state index contributed by atoms with van der Waals surface area (Å²) >= 11 is 0. The Morgan fingerprint density at radius 3 is 2.76 bits per heavy atom. The molecule has 2 N–H and O–H groups in total. The predicted molar refractivity (Wildman–Crippen MR) is 72.9 cm³/mol. The van der Waals surface area contributed by atoms with Crippen LogP contribution < -0.4 is 5.73 Å². The standard InChI is InChI=1S/C15H24N2/c1-11-4-5-12(2)15(6-11)10-17-9-14(8-16)7-13(17)3/h4-6,13-14H,7-10,16H2,1-3H3. The van der Waals surface area contributed by atoms with Gasteiger partial charge in [0.15, 0.2) is 0 Å². The molecule has 1 fully saturated rings. The Hall–Kier alpha value is -0.860. The fourth-order valence-corrected chi connectivity index (χ4v) is 2.80. The zero-order valence-electron chi connectivity index (χ0n) is 11.2. The molecule has 1 saturated heterocycles. The Bertz CT molecular complexity index is 387. The molecular formula is C15H24N2. The maximum absolute atomic E-state index is 5.78. The number of likely N-dealkylation sites (tertiary alicyclic amines) is 1. The third-order valence-corrected chi connectivity index (χ3v) is 4.00. The van der Waals surface area contributed by atoms with Crippen molar-refractivity contribution in [3.63, 3.8) is 0 Å². The van der Waals surface area contributed by atoms with E-state index in [4.69, 9.17) is 5.73 Å². The third-order valence-electron chi connectivity index (χ3n) is 4.00. The first kappa shape index (κ1) is 12.6. The van der Waals surface area contributed by atoms with Crippen LogP contribution in [-0.4, -0.2) is 24.0 Å². The highest BCUT2D eigenvalue weighted by molar-refractivity contribution is 5.30. The molecule has 1 aliphatic heterocycles. The molecule has 0 amide bonds. The van der Waals surface area contributed by atoms with Gasteiger partial charge in [-0.25, -0.2) is 0 Å². The highest BCUT2D eigenvalue weighted by Crippen LogP contribution is 2.25. The summed E-state index contributed by atoms with van der Waals surface area (Å²) in [4.78, 5) is 2.57. The summed E-state index contributed by atoms with van der Waals surface area (Å²) in [6.45, 7) is 9.75. The number of nitrogens with zero attached hydrogens (tertiary/aromatic N) is 1. The van der Waals surface area contributed by atoms with Crippen LogP contribution in [0, 0.1) is 19.8 Å². The lowest BCUT2D eigenvalue weighted by Gasteiger charge is -2.22.